The number of benzene rings is 1. The van der Waals surface area contributed by atoms with Crippen molar-refractivity contribution in [3.8, 4) is 0 Å². The minimum absolute atomic E-state index is 0.316. The normalized spacial score (nSPS) is 12.7. The molecule has 1 aromatic carbocycles. The Morgan fingerprint density at radius 2 is 1.62 bits per heavy atom. The minimum atomic E-state index is 0.316. The highest BCUT2D eigenvalue weighted by Crippen LogP contribution is 2.21. The minimum Gasteiger partial charge on any atom is -0.294 e. The van der Waals surface area contributed by atoms with Crippen molar-refractivity contribution < 1.29 is 4.79 Å². The van der Waals surface area contributed by atoms with Crippen LogP contribution in [0, 0.1) is 6.92 Å². The molecule has 1 nitrogen and oxygen atoms in total. The summed E-state index contributed by atoms with van der Waals surface area (Å²) in [4.78, 5) is 11.4. The molecule has 0 aliphatic heterocycles. The molecule has 0 atom stereocenters. The van der Waals surface area contributed by atoms with Gasteiger partial charge in [-0.3, -0.25) is 4.79 Å². The van der Waals surface area contributed by atoms with E-state index in [-0.39, 0.29) is 0 Å². The molecule has 0 spiro atoms. The Morgan fingerprint density at radius 1 is 1.00 bits per heavy atom. The van der Waals surface area contributed by atoms with Crippen LogP contribution in [-0.2, 0) is 6.42 Å². The van der Waals surface area contributed by atoms with Gasteiger partial charge in [0, 0.05) is 12.0 Å². The monoisotopic (exact) mass is 220 g/mol. The lowest BCUT2D eigenvalue weighted by Crippen LogP contribution is -2.10. The second-order valence-electron chi connectivity index (χ2n) is 3.44. The number of rotatable bonds is 0. The van der Waals surface area contributed by atoms with Crippen LogP contribution in [0.2, 0.25) is 0 Å². The van der Waals surface area contributed by atoms with Gasteiger partial charge in [0.05, 0.1) is 0 Å². The number of fused-ring (bicyclic) bond motifs is 1. The molecule has 16 heavy (non-hydrogen) atoms. The van der Waals surface area contributed by atoms with Crippen LogP contribution < -0.4 is 0 Å². The van der Waals surface area contributed by atoms with E-state index in [1.54, 1.807) is 0 Å². The van der Waals surface area contributed by atoms with Crippen molar-refractivity contribution in [3.05, 3.63) is 34.9 Å². The quantitative estimate of drug-likeness (QED) is 0.626. The third kappa shape index (κ3) is 3.80. The molecule has 0 bridgehead atoms. The van der Waals surface area contributed by atoms with E-state index in [1.807, 2.05) is 39.8 Å². The van der Waals surface area contributed by atoms with Gasteiger partial charge in [0.25, 0.3) is 0 Å². The lowest BCUT2D eigenvalue weighted by atomic mass is 9.90. The van der Waals surface area contributed by atoms with Gasteiger partial charge < -0.3 is 0 Å². The molecule has 2 rings (SSSR count). The predicted molar refractivity (Wildman–Crippen MR) is 71.1 cm³/mol. The smallest absolute Gasteiger partial charge is 0.163 e. The van der Waals surface area contributed by atoms with Gasteiger partial charge in [0.15, 0.2) is 5.78 Å². The molecular weight excluding hydrogens is 196 g/mol. The highest BCUT2D eigenvalue weighted by molar-refractivity contribution is 5.98. The Balaban J connectivity index is 0.000000509. The number of carbonyl (C=O) groups is 1. The third-order valence-corrected chi connectivity index (χ3v) is 2.41. The number of ketones is 1. The van der Waals surface area contributed by atoms with Crippen LogP contribution in [0.3, 0.4) is 0 Å². The summed E-state index contributed by atoms with van der Waals surface area (Å²) in [6.07, 6.45) is 2.83. The molecular formula is C15H24O. The van der Waals surface area contributed by atoms with Gasteiger partial charge in [-0.25, -0.2) is 0 Å². The first kappa shape index (κ1) is 14.9. The standard InChI is InChI=1S/C11H12O.2C2H6/c1-8-5-6-10-9(7-8)3-2-4-11(10)12;2*1-2/h5-7H,2-4H2,1H3;2*1-2H3. The fraction of sp³-hybridized carbons (Fsp3) is 0.533. The maximum Gasteiger partial charge on any atom is 0.163 e. The largest absolute Gasteiger partial charge is 0.294 e. The first-order valence-corrected chi connectivity index (χ1v) is 6.40. The number of hydrogen-bond donors (Lipinski definition) is 0. The number of carbonyl (C=O) groups excluding carboxylic acids is 1. The highest BCUT2D eigenvalue weighted by atomic mass is 16.1. The van der Waals surface area contributed by atoms with E-state index in [0.717, 1.165) is 24.8 Å². The van der Waals surface area contributed by atoms with Crippen molar-refractivity contribution in [3.63, 3.8) is 0 Å². The second kappa shape index (κ2) is 8.09. The van der Waals surface area contributed by atoms with Crippen molar-refractivity contribution in [2.24, 2.45) is 0 Å². The van der Waals surface area contributed by atoms with Crippen LogP contribution in [0.25, 0.3) is 0 Å². The lowest BCUT2D eigenvalue weighted by Gasteiger charge is -2.14. The molecule has 1 aliphatic carbocycles. The summed E-state index contributed by atoms with van der Waals surface area (Å²) < 4.78 is 0. The Morgan fingerprint density at radius 3 is 2.25 bits per heavy atom. The first-order valence-electron chi connectivity index (χ1n) is 6.40. The van der Waals surface area contributed by atoms with Crippen LogP contribution >= 0.6 is 0 Å². The molecule has 0 amide bonds. The van der Waals surface area contributed by atoms with Crippen LogP contribution in [0.4, 0.5) is 0 Å². The van der Waals surface area contributed by atoms with Crippen molar-refractivity contribution in [1.82, 2.24) is 0 Å². The van der Waals surface area contributed by atoms with E-state index in [9.17, 15) is 4.79 Å². The Hall–Kier alpha value is -1.11. The summed E-state index contributed by atoms with van der Waals surface area (Å²) in [6.45, 7) is 10.1. The van der Waals surface area contributed by atoms with E-state index in [0.29, 0.717) is 5.78 Å². The van der Waals surface area contributed by atoms with E-state index < -0.39 is 0 Å². The zero-order valence-electron chi connectivity index (χ0n) is 11.3. The zero-order chi connectivity index (χ0) is 12.6. The average Bonchev–Trinajstić information content (AvgIpc) is 2.34. The summed E-state index contributed by atoms with van der Waals surface area (Å²) in [6, 6.07) is 6.11. The molecule has 0 aromatic heterocycles. The number of hydrogen-bond acceptors (Lipinski definition) is 1. The van der Waals surface area contributed by atoms with Gasteiger partial charge in [0.2, 0.25) is 0 Å². The maximum atomic E-state index is 11.4. The summed E-state index contributed by atoms with van der Waals surface area (Å²) >= 11 is 0. The highest BCUT2D eigenvalue weighted by Gasteiger charge is 2.15. The predicted octanol–water partition coefficient (Wildman–Crippen LogP) is 4.57. The van der Waals surface area contributed by atoms with Crippen molar-refractivity contribution in [1.29, 1.82) is 0 Å². The van der Waals surface area contributed by atoms with Crippen LogP contribution in [0.15, 0.2) is 18.2 Å². The summed E-state index contributed by atoms with van der Waals surface area (Å²) in [5.74, 6) is 0.316. The van der Waals surface area contributed by atoms with Gasteiger partial charge in [0.1, 0.15) is 0 Å². The molecule has 0 fully saturated rings. The molecule has 0 saturated heterocycles. The molecule has 90 valence electrons. The van der Waals surface area contributed by atoms with E-state index in [4.69, 9.17) is 0 Å². The Bertz CT molecular complexity index is 326. The van der Waals surface area contributed by atoms with Gasteiger partial charge in [-0.1, -0.05) is 51.5 Å². The molecule has 1 aliphatic rings. The average molecular weight is 220 g/mol. The Labute approximate surface area is 99.9 Å². The first-order chi connectivity index (χ1) is 7.77. The second-order valence-corrected chi connectivity index (χ2v) is 3.44. The number of aryl methyl sites for hydroxylation is 2. The van der Waals surface area contributed by atoms with Crippen molar-refractivity contribution >= 4 is 5.78 Å². The van der Waals surface area contributed by atoms with E-state index in [1.165, 1.54) is 11.1 Å². The summed E-state index contributed by atoms with van der Waals surface area (Å²) in [7, 11) is 0. The fourth-order valence-corrected chi connectivity index (χ4v) is 1.78. The van der Waals surface area contributed by atoms with Gasteiger partial charge in [-0.2, -0.15) is 0 Å². The van der Waals surface area contributed by atoms with Gasteiger partial charge in [-0.15, -0.1) is 0 Å². The zero-order valence-corrected chi connectivity index (χ0v) is 11.3. The van der Waals surface area contributed by atoms with Crippen LogP contribution in [0.1, 0.15) is 62.0 Å². The van der Waals surface area contributed by atoms with E-state index in [2.05, 4.69) is 13.0 Å². The molecule has 1 heteroatoms. The van der Waals surface area contributed by atoms with Crippen LogP contribution in [-0.4, -0.2) is 5.78 Å². The fourth-order valence-electron chi connectivity index (χ4n) is 1.78. The molecule has 0 saturated carbocycles. The van der Waals surface area contributed by atoms with E-state index >= 15 is 0 Å². The number of Topliss-reactive ketones (excluding diaryl/α,β-unsaturated/α-hetero) is 1. The topological polar surface area (TPSA) is 17.1 Å². The maximum absolute atomic E-state index is 11.4. The molecule has 1 aromatic rings. The summed E-state index contributed by atoms with van der Waals surface area (Å²) in [5, 5.41) is 0. The summed E-state index contributed by atoms with van der Waals surface area (Å²) in [5.41, 5.74) is 3.45. The third-order valence-electron chi connectivity index (χ3n) is 2.41. The lowest BCUT2D eigenvalue weighted by molar-refractivity contribution is 0.0972. The molecule has 0 heterocycles. The molecule has 0 radical (unpaired) electrons. The van der Waals surface area contributed by atoms with Gasteiger partial charge in [-0.05, 0) is 25.3 Å². The molecule has 0 N–H and O–H groups in total. The van der Waals surface area contributed by atoms with Crippen molar-refractivity contribution in [2.45, 2.75) is 53.9 Å². The van der Waals surface area contributed by atoms with Gasteiger partial charge >= 0.3 is 0 Å². The van der Waals surface area contributed by atoms with Crippen molar-refractivity contribution in [2.75, 3.05) is 0 Å². The Kier molecular flexibility index (Phi) is 7.53. The molecule has 0 unspecified atom stereocenters. The van der Waals surface area contributed by atoms with Crippen LogP contribution in [0.5, 0.6) is 0 Å². The SMILES string of the molecule is CC.CC.Cc1ccc2c(c1)CCCC2=O.